The number of halogens is 1. The summed E-state index contributed by atoms with van der Waals surface area (Å²) in [5, 5.41) is 0.252. The second-order valence-corrected chi connectivity index (χ2v) is 9.66. The first-order valence-electron chi connectivity index (χ1n) is 10.1. The van der Waals surface area contributed by atoms with E-state index in [1.165, 1.54) is 26.4 Å². The molecule has 1 aliphatic rings. The summed E-state index contributed by atoms with van der Waals surface area (Å²) in [6, 6.07) is 9.56. The lowest BCUT2D eigenvalue weighted by molar-refractivity contribution is -0.130. The number of carbonyl (C=O) groups is 1. The van der Waals surface area contributed by atoms with Gasteiger partial charge in [-0.3, -0.25) is 9.10 Å². The van der Waals surface area contributed by atoms with Gasteiger partial charge in [0.05, 0.1) is 24.9 Å². The maximum absolute atomic E-state index is 13.7. The highest BCUT2D eigenvalue weighted by Crippen LogP contribution is 2.34. The molecule has 0 aromatic heterocycles. The van der Waals surface area contributed by atoms with E-state index in [0.717, 1.165) is 29.1 Å². The highest BCUT2D eigenvalue weighted by atomic mass is 35.5. The van der Waals surface area contributed by atoms with Gasteiger partial charge in [-0.2, -0.15) is 0 Å². The number of sulfonamides is 1. The molecule has 1 saturated heterocycles. The quantitative estimate of drug-likeness (QED) is 0.619. The van der Waals surface area contributed by atoms with E-state index >= 15 is 0 Å². The monoisotopic (exact) mass is 466 g/mol. The van der Waals surface area contributed by atoms with Crippen LogP contribution in [0.3, 0.4) is 0 Å². The van der Waals surface area contributed by atoms with Crippen LogP contribution in [-0.4, -0.2) is 53.1 Å². The van der Waals surface area contributed by atoms with E-state index in [1.54, 1.807) is 36.1 Å². The van der Waals surface area contributed by atoms with E-state index in [2.05, 4.69) is 0 Å². The summed E-state index contributed by atoms with van der Waals surface area (Å²) in [6.45, 7) is 2.72. The van der Waals surface area contributed by atoms with Gasteiger partial charge in [0.25, 0.3) is 10.0 Å². The zero-order valence-corrected chi connectivity index (χ0v) is 19.5. The number of hydrogen-bond donors (Lipinski definition) is 0. The van der Waals surface area contributed by atoms with Crippen molar-refractivity contribution in [2.45, 2.75) is 31.1 Å². The maximum Gasteiger partial charge on any atom is 0.268 e. The molecule has 1 heterocycles. The first-order chi connectivity index (χ1) is 14.8. The minimum absolute atomic E-state index is 0.00613. The average Bonchev–Trinajstić information content (AvgIpc) is 2.77. The van der Waals surface area contributed by atoms with Crippen molar-refractivity contribution in [1.29, 1.82) is 0 Å². The number of piperidine rings is 1. The molecule has 2 aromatic carbocycles. The molecule has 1 aliphatic heterocycles. The number of rotatable bonds is 7. The predicted molar refractivity (Wildman–Crippen MR) is 121 cm³/mol. The molecule has 7 nitrogen and oxygen atoms in total. The molecule has 0 atom stereocenters. The summed E-state index contributed by atoms with van der Waals surface area (Å²) in [4.78, 5) is 14.7. The Morgan fingerprint density at radius 1 is 1.03 bits per heavy atom. The number of methoxy groups -OCH3 is 2. The first-order valence-corrected chi connectivity index (χ1v) is 11.9. The van der Waals surface area contributed by atoms with E-state index in [-0.39, 0.29) is 33.8 Å². The highest BCUT2D eigenvalue weighted by Gasteiger charge is 2.32. The number of amides is 1. The van der Waals surface area contributed by atoms with Crippen molar-refractivity contribution < 1.29 is 22.7 Å². The van der Waals surface area contributed by atoms with Gasteiger partial charge in [0.2, 0.25) is 5.91 Å². The van der Waals surface area contributed by atoms with Crippen molar-refractivity contribution in [2.75, 3.05) is 38.2 Å². The second-order valence-electron chi connectivity index (χ2n) is 7.43. The molecule has 0 spiro atoms. The SMILES string of the molecule is COc1ccc(N(CC(=O)N2CCCCC2)S(=O)(=O)c2cc(C)ccc2OC)cc1Cl. The van der Waals surface area contributed by atoms with Crippen LogP contribution in [0.1, 0.15) is 24.8 Å². The predicted octanol–water partition coefficient (Wildman–Crippen LogP) is 3.87. The Balaban J connectivity index is 2.07. The van der Waals surface area contributed by atoms with Gasteiger partial charge >= 0.3 is 0 Å². The van der Waals surface area contributed by atoms with Gasteiger partial charge in [-0.25, -0.2) is 8.42 Å². The van der Waals surface area contributed by atoms with Crippen LogP contribution in [-0.2, 0) is 14.8 Å². The summed E-state index contributed by atoms with van der Waals surface area (Å²) >= 11 is 6.27. The third kappa shape index (κ3) is 5.07. The zero-order chi connectivity index (χ0) is 22.6. The standard InChI is InChI=1S/C22H27ClN2O5S/c1-16-7-9-20(30-3)21(13-16)31(27,28)25(15-22(26)24-11-5-4-6-12-24)17-8-10-19(29-2)18(23)14-17/h7-10,13-14H,4-6,11-12,15H2,1-3H3. The molecule has 1 fully saturated rings. The summed E-state index contributed by atoms with van der Waals surface area (Å²) in [5.41, 5.74) is 1.04. The fourth-order valence-electron chi connectivity index (χ4n) is 3.60. The van der Waals surface area contributed by atoms with Crippen LogP contribution < -0.4 is 13.8 Å². The number of anilines is 1. The lowest BCUT2D eigenvalue weighted by Crippen LogP contribution is -2.45. The molecule has 0 N–H and O–H groups in total. The van der Waals surface area contributed by atoms with Crippen LogP contribution in [0.2, 0.25) is 5.02 Å². The summed E-state index contributed by atoms with van der Waals surface area (Å²) in [6.07, 6.45) is 2.90. The first kappa shape index (κ1) is 23.2. The van der Waals surface area contributed by atoms with Gasteiger partial charge in [-0.1, -0.05) is 17.7 Å². The minimum Gasteiger partial charge on any atom is -0.495 e. The van der Waals surface area contributed by atoms with Crippen molar-refractivity contribution in [3.05, 3.63) is 47.0 Å². The van der Waals surface area contributed by atoms with Crippen molar-refractivity contribution >= 4 is 33.2 Å². The molecular weight excluding hydrogens is 440 g/mol. The lowest BCUT2D eigenvalue weighted by atomic mass is 10.1. The normalized spacial score (nSPS) is 14.3. The lowest BCUT2D eigenvalue weighted by Gasteiger charge is -2.31. The van der Waals surface area contributed by atoms with E-state index in [1.807, 2.05) is 0 Å². The minimum atomic E-state index is -4.13. The third-order valence-electron chi connectivity index (χ3n) is 5.30. The summed E-state index contributed by atoms with van der Waals surface area (Å²) in [5.74, 6) is 0.376. The van der Waals surface area contributed by atoms with Crippen molar-refractivity contribution in [2.24, 2.45) is 0 Å². The molecule has 0 unspecified atom stereocenters. The van der Waals surface area contributed by atoms with Crippen LogP contribution in [0.15, 0.2) is 41.3 Å². The Morgan fingerprint density at radius 3 is 2.29 bits per heavy atom. The molecular formula is C22H27ClN2O5S. The Morgan fingerprint density at radius 2 is 1.68 bits per heavy atom. The highest BCUT2D eigenvalue weighted by molar-refractivity contribution is 7.93. The van der Waals surface area contributed by atoms with E-state index in [9.17, 15) is 13.2 Å². The molecule has 9 heteroatoms. The molecule has 3 rings (SSSR count). The fraction of sp³-hybridized carbons (Fsp3) is 0.409. The van der Waals surface area contributed by atoms with E-state index in [0.29, 0.717) is 18.8 Å². The average molecular weight is 467 g/mol. The number of benzene rings is 2. The molecule has 0 bridgehead atoms. The van der Waals surface area contributed by atoms with Crippen LogP contribution >= 0.6 is 11.6 Å². The Kier molecular flexibility index (Phi) is 7.33. The molecule has 31 heavy (non-hydrogen) atoms. The van der Waals surface area contributed by atoms with Crippen LogP contribution in [0.4, 0.5) is 5.69 Å². The van der Waals surface area contributed by atoms with Crippen LogP contribution in [0.25, 0.3) is 0 Å². The molecule has 0 saturated carbocycles. The largest absolute Gasteiger partial charge is 0.495 e. The molecule has 168 valence electrons. The number of likely N-dealkylation sites (tertiary alicyclic amines) is 1. The van der Waals surface area contributed by atoms with Gasteiger partial charge < -0.3 is 14.4 Å². The van der Waals surface area contributed by atoms with Crippen LogP contribution in [0, 0.1) is 6.92 Å². The fourth-order valence-corrected chi connectivity index (χ4v) is 5.50. The molecule has 2 aromatic rings. The third-order valence-corrected chi connectivity index (χ3v) is 7.39. The Labute approximate surface area is 188 Å². The topological polar surface area (TPSA) is 76.2 Å². The maximum atomic E-state index is 13.7. The number of aryl methyl sites for hydroxylation is 1. The van der Waals surface area contributed by atoms with Gasteiger partial charge in [0.15, 0.2) is 0 Å². The Hall–Kier alpha value is -2.45. The number of hydrogen-bond acceptors (Lipinski definition) is 5. The van der Waals surface area contributed by atoms with Crippen LogP contribution in [0.5, 0.6) is 11.5 Å². The van der Waals surface area contributed by atoms with Gasteiger partial charge in [0, 0.05) is 13.1 Å². The number of ether oxygens (including phenoxy) is 2. The molecule has 1 amide bonds. The second kappa shape index (κ2) is 9.78. The molecule has 0 aliphatic carbocycles. The smallest absolute Gasteiger partial charge is 0.268 e. The van der Waals surface area contributed by atoms with Crippen molar-refractivity contribution in [3.63, 3.8) is 0 Å². The van der Waals surface area contributed by atoms with Gasteiger partial charge in [-0.15, -0.1) is 0 Å². The Bertz CT molecular complexity index is 1050. The zero-order valence-electron chi connectivity index (χ0n) is 17.9. The van der Waals surface area contributed by atoms with Gasteiger partial charge in [-0.05, 0) is 62.1 Å². The molecule has 0 radical (unpaired) electrons. The summed E-state index contributed by atoms with van der Waals surface area (Å²) in [7, 11) is -1.24. The summed E-state index contributed by atoms with van der Waals surface area (Å²) < 4.78 is 39.1. The van der Waals surface area contributed by atoms with Crippen molar-refractivity contribution in [3.8, 4) is 11.5 Å². The number of nitrogens with zero attached hydrogens (tertiary/aromatic N) is 2. The van der Waals surface area contributed by atoms with E-state index in [4.69, 9.17) is 21.1 Å². The van der Waals surface area contributed by atoms with Gasteiger partial charge in [0.1, 0.15) is 22.9 Å². The van der Waals surface area contributed by atoms with E-state index < -0.39 is 10.0 Å². The van der Waals surface area contributed by atoms with Crippen molar-refractivity contribution in [1.82, 2.24) is 4.90 Å². The number of carbonyl (C=O) groups excluding carboxylic acids is 1.